The molecule has 0 aliphatic carbocycles. The van der Waals surface area contributed by atoms with Crippen LogP contribution in [0.25, 0.3) is 0 Å². The van der Waals surface area contributed by atoms with Gasteiger partial charge < -0.3 is 13.9 Å². The summed E-state index contributed by atoms with van der Waals surface area (Å²) in [5, 5.41) is 10.5. The van der Waals surface area contributed by atoms with E-state index in [9.17, 15) is 4.79 Å². The van der Waals surface area contributed by atoms with Crippen molar-refractivity contribution in [1.29, 1.82) is 0 Å². The number of benzene rings is 2. The quantitative estimate of drug-likeness (QED) is 0.688. The van der Waals surface area contributed by atoms with E-state index in [0.717, 1.165) is 12.0 Å². The molecule has 7 heteroatoms. The van der Waals surface area contributed by atoms with E-state index in [-0.39, 0.29) is 6.01 Å². The zero-order chi connectivity index (χ0) is 19.2. The fourth-order valence-electron chi connectivity index (χ4n) is 2.55. The van der Waals surface area contributed by atoms with Gasteiger partial charge in [-0.05, 0) is 29.7 Å². The number of rotatable bonds is 7. The van der Waals surface area contributed by atoms with Crippen molar-refractivity contribution < 1.29 is 18.7 Å². The summed E-state index contributed by atoms with van der Waals surface area (Å²) >= 11 is 0. The molecule has 0 radical (unpaired) electrons. The lowest BCUT2D eigenvalue weighted by molar-refractivity contribution is 0.102. The number of carbonyl (C=O) groups excluding carboxylic acids is 1. The van der Waals surface area contributed by atoms with E-state index < -0.39 is 5.91 Å². The Morgan fingerprint density at radius 1 is 1.00 bits per heavy atom. The highest BCUT2D eigenvalue weighted by molar-refractivity contribution is 6.03. The van der Waals surface area contributed by atoms with E-state index in [1.807, 2.05) is 12.1 Å². The molecule has 27 heavy (non-hydrogen) atoms. The molecule has 1 N–H and O–H groups in total. The van der Waals surface area contributed by atoms with E-state index in [4.69, 9.17) is 13.9 Å². The Morgan fingerprint density at radius 3 is 2.22 bits per heavy atom. The molecule has 7 nitrogen and oxygen atoms in total. The number of hydrogen-bond donors (Lipinski definition) is 1. The molecular weight excluding hydrogens is 346 g/mol. The van der Waals surface area contributed by atoms with E-state index in [2.05, 4.69) is 34.6 Å². The molecule has 0 unspecified atom stereocenters. The second-order valence-electron chi connectivity index (χ2n) is 5.90. The van der Waals surface area contributed by atoms with Gasteiger partial charge in [0, 0.05) is 11.6 Å². The highest BCUT2D eigenvalue weighted by Gasteiger charge is 2.14. The van der Waals surface area contributed by atoms with Crippen LogP contribution in [0.4, 0.5) is 6.01 Å². The van der Waals surface area contributed by atoms with Gasteiger partial charge >= 0.3 is 6.01 Å². The number of aryl methyl sites for hydroxylation is 1. The maximum Gasteiger partial charge on any atom is 0.322 e. The van der Waals surface area contributed by atoms with Crippen LogP contribution in [0.5, 0.6) is 11.5 Å². The summed E-state index contributed by atoms with van der Waals surface area (Å²) in [6.07, 6.45) is 1.49. The first-order valence-corrected chi connectivity index (χ1v) is 8.56. The van der Waals surface area contributed by atoms with Gasteiger partial charge in [-0.3, -0.25) is 10.1 Å². The molecule has 0 atom stereocenters. The molecule has 0 spiro atoms. The van der Waals surface area contributed by atoms with Crippen molar-refractivity contribution >= 4 is 11.9 Å². The van der Waals surface area contributed by atoms with Gasteiger partial charge in [0.15, 0.2) is 0 Å². The number of aromatic nitrogens is 2. The fraction of sp³-hybridized carbons (Fsp3) is 0.250. The van der Waals surface area contributed by atoms with E-state index in [1.165, 1.54) is 19.8 Å². The Kier molecular flexibility index (Phi) is 5.71. The zero-order valence-electron chi connectivity index (χ0n) is 15.5. The maximum atomic E-state index is 12.4. The Bertz CT molecular complexity index is 897. The van der Waals surface area contributed by atoms with Gasteiger partial charge in [-0.15, -0.1) is 5.10 Å². The van der Waals surface area contributed by atoms with E-state index >= 15 is 0 Å². The minimum Gasteiger partial charge on any atom is -0.497 e. The largest absolute Gasteiger partial charge is 0.497 e. The van der Waals surface area contributed by atoms with Gasteiger partial charge in [-0.2, -0.15) is 0 Å². The van der Waals surface area contributed by atoms with Crippen LogP contribution in [0, 0.1) is 0 Å². The SMILES string of the molecule is CCc1ccc(Cc2nnc(NC(=O)c3cc(OC)cc(OC)c3)o2)cc1. The van der Waals surface area contributed by atoms with Crippen molar-refractivity contribution in [3.05, 3.63) is 65.0 Å². The molecule has 2 aromatic carbocycles. The number of amides is 1. The predicted octanol–water partition coefficient (Wildman–Crippen LogP) is 3.49. The lowest BCUT2D eigenvalue weighted by atomic mass is 10.1. The summed E-state index contributed by atoms with van der Waals surface area (Å²) in [7, 11) is 3.04. The number of nitrogens with zero attached hydrogens (tertiary/aromatic N) is 2. The second-order valence-corrected chi connectivity index (χ2v) is 5.90. The molecule has 0 fully saturated rings. The Labute approximate surface area is 157 Å². The number of methoxy groups -OCH3 is 2. The normalized spacial score (nSPS) is 10.5. The van der Waals surface area contributed by atoms with Crippen molar-refractivity contribution in [3.63, 3.8) is 0 Å². The summed E-state index contributed by atoms with van der Waals surface area (Å²) in [5.74, 6) is 1.06. The minimum atomic E-state index is -0.394. The molecule has 3 aromatic rings. The molecular formula is C20H21N3O4. The van der Waals surface area contributed by atoms with Crippen LogP contribution >= 0.6 is 0 Å². The van der Waals surface area contributed by atoms with Crippen LogP contribution in [-0.4, -0.2) is 30.3 Å². The molecule has 1 heterocycles. The second kappa shape index (κ2) is 8.35. The summed E-state index contributed by atoms with van der Waals surface area (Å²) in [6.45, 7) is 2.11. The van der Waals surface area contributed by atoms with Crippen LogP contribution in [0.2, 0.25) is 0 Å². The van der Waals surface area contributed by atoms with Crippen LogP contribution < -0.4 is 14.8 Å². The number of ether oxygens (including phenoxy) is 2. The molecule has 1 amide bonds. The van der Waals surface area contributed by atoms with Crippen LogP contribution in [0.1, 0.15) is 34.3 Å². The minimum absolute atomic E-state index is 0.0435. The van der Waals surface area contributed by atoms with Crippen molar-refractivity contribution in [2.75, 3.05) is 19.5 Å². The predicted molar refractivity (Wildman–Crippen MR) is 100 cm³/mol. The third-order valence-corrected chi connectivity index (χ3v) is 4.09. The van der Waals surface area contributed by atoms with Gasteiger partial charge in [0.25, 0.3) is 5.91 Å². The third-order valence-electron chi connectivity index (χ3n) is 4.09. The Balaban J connectivity index is 1.68. The van der Waals surface area contributed by atoms with Gasteiger partial charge in [0.2, 0.25) is 5.89 Å². The van der Waals surface area contributed by atoms with Gasteiger partial charge in [0.05, 0.1) is 20.6 Å². The van der Waals surface area contributed by atoms with Crippen LogP contribution in [-0.2, 0) is 12.8 Å². The summed E-state index contributed by atoms with van der Waals surface area (Å²) in [4.78, 5) is 12.4. The standard InChI is InChI=1S/C20H21N3O4/c1-4-13-5-7-14(8-6-13)9-18-22-23-20(27-18)21-19(24)15-10-16(25-2)12-17(11-15)26-3/h5-8,10-12H,4,9H2,1-3H3,(H,21,23,24). The first kappa shape index (κ1) is 18.4. The van der Waals surface area contributed by atoms with Crippen molar-refractivity contribution in [2.45, 2.75) is 19.8 Å². The Morgan fingerprint density at radius 2 is 1.63 bits per heavy atom. The molecule has 3 rings (SSSR count). The van der Waals surface area contributed by atoms with Crippen molar-refractivity contribution in [1.82, 2.24) is 10.2 Å². The van der Waals surface area contributed by atoms with E-state index in [0.29, 0.717) is 29.4 Å². The lowest BCUT2D eigenvalue weighted by Gasteiger charge is -2.07. The molecule has 1 aromatic heterocycles. The smallest absolute Gasteiger partial charge is 0.322 e. The molecule has 0 saturated carbocycles. The molecule has 0 aliphatic rings. The number of hydrogen-bond acceptors (Lipinski definition) is 6. The molecule has 0 saturated heterocycles. The number of anilines is 1. The summed E-state index contributed by atoms with van der Waals surface area (Å²) < 4.78 is 15.9. The van der Waals surface area contributed by atoms with Gasteiger partial charge in [0.1, 0.15) is 11.5 Å². The van der Waals surface area contributed by atoms with Crippen LogP contribution in [0.15, 0.2) is 46.9 Å². The topological polar surface area (TPSA) is 86.5 Å². The third kappa shape index (κ3) is 4.63. The van der Waals surface area contributed by atoms with E-state index in [1.54, 1.807) is 18.2 Å². The van der Waals surface area contributed by atoms with Gasteiger partial charge in [-0.25, -0.2) is 0 Å². The first-order valence-electron chi connectivity index (χ1n) is 8.56. The fourth-order valence-corrected chi connectivity index (χ4v) is 2.55. The Hall–Kier alpha value is -3.35. The first-order chi connectivity index (χ1) is 13.1. The van der Waals surface area contributed by atoms with Crippen LogP contribution in [0.3, 0.4) is 0 Å². The van der Waals surface area contributed by atoms with Crippen molar-refractivity contribution in [2.24, 2.45) is 0 Å². The lowest BCUT2D eigenvalue weighted by Crippen LogP contribution is -2.12. The number of carbonyl (C=O) groups is 1. The summed E-state index contributed by atoms with van der Waals surface area (Å²) in [6, 6.07) is 13.1. The maximum absolute atomic E-state index is 12.4. The summed E-state index contributed by atoms with van der Waals surface area (Å²) in [5.41, 5.74) is 2.69. The zero-order valence-corrected chi connectivity index (χ0v) is 15.5. The number of nitrogens with one attached hydrogen (secondary N) is 1. The van der Waals surface area contributed by atoms with Crippen molar-refractivity contribution in [3.8, 4) is 11.5 Å². The average molecular weight is 367 g/mol. The highest BCUT2D eigenvalue weighted by Crippen LogP contribution is 2.23. The van der Waals surface area contributed by atoms with Gasteiger partial charge in [-0.1, -0.05) is 36.3 Å². The molecule has 140 valence electrons. The molecule has 0 aliphatic heterocycles. The molecule has 0 bridgehead atoms. The highest BCUT2D eigenvalue weighted by atomic mass is 16.5. The average Bonchev–Trinajstić information content (AvgIpc) is 3.14. The monoisotopic (exact) mass is 367 g/mol.